The van der Waals surface area contributed by atoms with Gasteiger partial charge in [-0.3, -0.25) is 0 Å². The highest BCUT2D eigenvalue weighted by molar-refractivity contribution is 4.73. The average Bonchev–Trinajstić information content (AvgIpc) is 2.06. The van der Waals surface area contributed by atoms with E-state index in [-0.39, 0.29) is 0 Å². The molecule has 0 saturated carbocycles. The summed E-state index contributed by atoms with van der Waals surface area (Å²) in [5, 5.41) is 0. The minimum Gasteiger partial charge on any atom is -0.306 e. The van der Waals surface area contributed by atoms with E-state index in [1.165, 1.54) is 25.9 Å². The number of nitrogens with two attached hydrogens (primary N) is 1. The predicted octanol–water partition coefficient (Wildman–Crippen LogP) is 0.855. The summed E-state index contributed by atoms with van der Waals surface area (Å²) in [7, 11) is 2.18. The van der Waals surface area contributed by atoms with E-state index in [0.717, 1.165) is 5.92 Å². The van der Waals surface area contributed by atoms with Crippen molar-refractivity contribution in [1.29, 1.82) is 0 Å². The number of likely N-dealkylation sites (tertiary alicyclic amines) is 1. The smallest absolute Gasteiger partial charge is 0.0707 e. The second kappa shape index (κ2) is 4.80. The molecule has 1 aliphatic heterocycles. The normalized spacial score (nSPS) is 24.2. The molecule has 1 atom stereocenters. The standard InChI is InChI=1S/C9H20N2O/c1-8(7-12-10)9-3-5-11(2)6-4-9/h8-9H,3-7,10H2,1-2H3. The Morgan fingerprint density at radius 3 is 2.58 bits per heavy atom. The molecule has 0 aromatic rings. The summed E-state index contributed by atoms with van der Waals surface area (Å²) in [6, 6.07) is 0. The molecule has 1 fully saturated rings. The molecule has 3 nitrogen and oxygen atoms in total. The fraction of sp³-hybridized carbons (Fsp3) is 1.00. The Hall–Kier alpha value is -0.120. The summed E-state index contributed by atoms with van der Waals surface area (Å²) in [4.78, 5) is 7.05. The molecule has 0 aliphatic carbocycles. The Kier molecular flexibility index (Phi) is 3.98. The first-order valence-electron chi connectivity index (χ1n) is 4.74. The minimum atomic E-state index is 0.615. The quantitative estimate of drug-likeness (QED) is 0.642. The Labute approximate surface area is 74.8 Å². The van der Waals surface area contributed by atoms with Gasteiger partial charge in [-0.15, -0.1) is 0 Å². The van der Waals surface area contributed by atoms with Crippen molar-refractivity contribution < 1.29 is 4.84 Å². The number of piperidine rings is 1. The molecule has 72 valence electrons. The first-order chi connectivity index (χ1) is 5.74. The number of rotatable bonds is 3. The Morgan fingerprint density at radius 1 is 1.50 bits per heavy atom. The summed E-state index contributed by atoms with van der Waals surface area (Å²) in [6.07, 6.45) is 2.59. The van der Waals surface area contributed by atoms with Crippen molar-refractivity contribution in [2.24, 2.45) is 17.7 Å². The van der Waals surface area contributed by atoms with Crippen LogP contribution in [0.3, 0.4) is 0 Å². The van der Waals surface area contributed by atoms with Crippen molar-refractivity contribution in [1.82, 2.24) is 4.90 Å². The zero-order valence-electron chi connectivity index (χ0n) is 8.12. The van der Waals surface area contributed by atoms with Gasteiger partial charge in [-0.1, -0.05) is 6.92 Å². The molecule has 3 heteroatoms. The lowest BCUT2D eigenvalue weighted by Crippen LogP contribution is -2.34. The van der Waals surface area contributed by atoms with Gasteiger partial charge in [0.1, 0.15) is 0 Å². The monoisotopic (exact) mass is 172 g/mol. The predicted molar refractivity (Wildman–Crippen MR) is 49.5 cm³/mol. The van der Waals surface area contributed by atoms with Crippen LogP contribution in [0.15, 0.2) is 0 Å². The highest BCUT2D eigenvalue weighted by atomic mass is 16.6. The van der Waals surface area contributed by atoms with Gasteiger partial charge >= 0.3 is 0 Å². The topological polar surface area (TPSA) is 38.5 Å². The average molecular weight is 172 g/mol. The van der Waals surface area contributed by atoms with Gasteiger partial charge < -0.3 is 9.74 Å². The molecule has 1 saturated heterocycles. The van der Waals surface area contributed by atoms with E-state index >= 15 is 0 Å². The van der Waals surface area contributed by atoms with Gasteiger partial charge in [0.15, 0.2) is 0 Å². The lowest BCUT2D eigenvalue weighted by Gasteiger charge is -2.32. The zero-order valence-corrected chi connectivity index (χ0v) is 8.12. The van der Waals surface area contributed by atoms with Gasteiger partial charge in [-0.25, -0.2) is 5.90 Å². The second-order valence-electron chi connectivity index (χ2n) is 3.95. The van der Waals surface area contributed by atoms with Gasteiger partial charge in [0, 0.05) is 0 Å². The largest absolute Gasteiger partial charge is 0.306 e. The van der Waals surface area contributed by atoms with Crippen molar-refractivity contribution in [3.63, 3.8) is 0 Å². The second-order valence-corrected chi connectivity index (χ2v) is 3.95. The summed E-state index contributed by atoms with van der Waals surface area (Å²) in [5.74, 6) is 6.48. The molecule has 1 aliphatic rings. The molecule has 0 aromatic carbocycles. The summed E-state index contributed by atoms with van der Waals surface area (Å²) in [6.45, 7) is 5.37. The van der Waals surface area contributed by atoms with Crippen LogP contribution in [0.5, 0.6) is 0 Å². The van der Waals surface area contributed by atoms with E-state index < -0.39 is 0 Å². The molecule has 0 bridgehead atoms. The minimum absolute atomic E-state index is 0.615. The van der Waals surface area contributed by atoms with Gasteiger partial charge in [0.2, 0.25) is 0 Å². The van der Waals surface area contributed by atoms with E-state index in [9.17, 15) is 0 Å². The Morgan fingerprint density at radius 2 is 2.08 bits per heavy atom. The first-order valence-corrected chi connectivity index (χ1v) is 4.74. The van der Waals surface area contributed by atoms with Gasteiger partial charge in [0.05, 0.1) is 6.61 Å². The summed E-state index contributed by atoms with van der Waals surface area (Å²) < 4.78 is 0. The molecule has 0 spiro atoms. The number of hydrogen-bond acceptors (Lipinski definition) is 3. The highest BCUT2D eigenvalue weighted by Gasteiger charge is 2.21. The van der Waals surface area contributed by atoms with E-state index in [4.69, 9.17) is 5.90 Å². The Bertz CT molecular complexity index is 122. The summed E-state index contributed by atoms with van der Waals surface area (Å²) in [5.41, 5.74) is 0. The molecule has 0 amide bonds. The molecule has 12 heavy (non-hydrogen) atoms. The third-order valence-electron chi connectivity index (χ3n) is 2.93. The highest BCUT2D eigenvalue weighted by Crippen LogP contribution is 2.23. The van der Waals surface area contributed by atoms with Crippen LogP contribution in [0.2, 0.25) is 0 Å². The summed E-state index contributed by atoms with van der Waals surface area (Å²) >= 11 is 0. The lowest BCUT2D eigenvalue weighted by atomic mass is 9.86. The third-order valence-corrected chi connectivity index (χ3v) is 2.93. The fourth-order valence-corrected chi connectivity index (χ4v) is 1.89. The van der Waals surface area contributed by atoms with Gasteiger partial charge in [-0.05, 0) is 44.8 Å². The third kappa shape index (κ3) is 2.73. The van der Waals surface area contributed by atoms with Crippen LogP contribution in [-0.2, 0) is 4.84 Å². The van der Waals surface area contributed by atoms with Crippen molar-refractivity contribution in [3.05, 3.63) is 0 Å². The molecule has 1 rings (SSSR count). The van der Waals surface area contributed by atoms with Gasteiger partial charge in [-0.2, -0.15) is 0 Å². The molecule has 0 aromatic heterocycles. The van der Waals surface area contributed by atoms with E-state index in [0.29, 0.717) is 12.5 Å². The maximum absolute atomic E-state index is 5.05. The molecule has 2 N–H and O–H groups in total. The van der Waals surface area contributed by atoms with E-state index in [1.807, 2.05) is 0 Å². The maximum Gasteiger partial charge on any atom is 0.0707 e. The maximum atomic E-state index is 5.05. The van der Waals surface area contributed by atoms with Gasteiger partial charge in [0.25, 0.3) is 0 Å². The molecular formula is C9H20N2O. The van der Waals surface area contributed by atoms with Crippen molar-refractivity contribution >= 4 is 0 Å². The SMILES string of the molecule is CC(CON)C1CCN(C)CC1. The van der Waals surface area contributed by atoms with Crippen molar-refractivity contribution in [2.45, 2.75) is 19.8 Å². The van der Waals surface area contributed by atoms with E-state index in [1.54, 1.807) is 0 Å². The molecule has 1 heterocycles. The van der Waals surface area contributed by atoms with Crippen LogP contribution in [0.4, 0.5) is 0 Å². The van der Waals surface area contributed by atoms with Crippen molar-refractivity contribution in [3.8, 4) is 0 Å². The Balaban J connectivity index is 2.24. The van der Waals surface area contributed by atoms with Crippen molar-refractivity contribution in [2.75, 3.05) is 26.7 Å². The molecule has 0 radical (unpaired) electrons. The van der Waals surface area contributed by atoms with Crippen LogP contribution in [0, 0.1) is 11.8 Å². The van der Waals surface area contributed by atoms with E-state index in [2.05, 4.69) is 23.7 Å². The van der Waals surface area contributed by atoms with Crippen LogP contribution in [0.25, 0.3) is 0 Å². The lowest BCUT2D eigenvalue weighted by molar-refractivity contribution is 0.0659. The molecule has 1 unspecified atom stereocenters. The number of hydrogen-bond donors (Lipinski definition) is 1. The molecular weight excluding hydrogens is 152 g/mol. The van der Waals surface area contributed by atoms with Crippen LogP contribution in [0.1, 0.15) is 19.8 Å². The van der Waals surface area contributed by atoms with Crippen LogP contribution >= 0.6 is 0 Å². The fourth-order valence-electron chi connectivity index (χ4n) is 1.89. The van der Waals surface area contributed by atoms with Crippen LogP contribution in [-0.4, -0.2) is 31.6 Å². The zero-order chi connectivity index (χ0) is 8.97. The number of nitrogens with zero attached hydrogens (tertiary/aromatic N) is 1. The van der Waals surface area contributed by atoms with Crippen LogP contribution < -0.4 is 5.90 Å². The first kappa shape index (κ1) is 9.96.